The summed E-state index contributed by atoms with van der Waals surface area (Å²) in [7, 11) is 1.20. The number of halogens is 4. The van der Waals surface area contributed by atoms with Crippen LogP contribution in [0.5, 0.6) is 5.75 Å². The monoisotopic (exact) mass is 309 g/mol. The van der Waals surface area contributed by atoms with Crippen LogP contribution in [0.4, 0.5) is 17.6 Å². The van der Waals surface area contributed by atoms with Gasteiger partial charge in [-0.15, -0.1) is 0 Å². The number of rotatable bonds is 5. The highest BCUT2D eigenvalue weighted by atomic mass is 19.4. The van der Waals surface area contributed by atoms with Crippen molar-refractivity contribution in [1.29, 1.82) is 0 Å². The van der Waals surface area contributed by atoms with Crippen LogP contribution >= 0.6 is 0 Å². The molecule has 2 atom stereocenters. The normalized spacial score (nSPS) is 14.4. The van der Waals surface area contributed by atoms with Crippen molar-refractivity contribution in [2.75, 3.05) is 13.7 Å². The van der Waals surface area contributed by atoms with E-state index in [9.17, 15) is 22.4 Å². The van der Waals surface area contributed by atoms with E-state index in [0.717, 1.165) is 6.07 Å². The molecule has 0 aliphatic heterocycles. The zero-order valence-corrected chi connectivity index (χ0v) is 11.4. The maximum absolute atomic E-state index is 13.8. The number of ether oxygens (including phenoxy) is 2. The van der Waals surface area contributed by atoms with Crippen molar-refractivity contribution in [3.05, 3.63) is 29.3 Å². The number of carbonyl (C=O) groups is 1. The van der Waals surface area contributed by atoms with Crippen LogP contribution in [0.15, 0.2) is 18.2 Å². The number of carbonyl (C=O) groups excluding carboxylic acids is 1. The quantitative estimate of drug-likeness (QED) is 0.671. The van der Waals surface area contributed by atoms with E-state index in [-0.39, 0.29) is 12.4 Å². The molecule has 0 radical (unpaired) electrons. The fourth-order valence-corrected chi connectivity index (χ4v) is 1.72. The second kappa shape index (κ2) is 6.75. The van der Waals surface area contributed by atoms with E-state index in [0.29, 0.717) is 6.07 Å². The van der Waals surface area contributed by atoms with Gasteiger partial charge in [-0.3, -0.25) is 0 Å². The third-order valence-corrected chi connectivity index (χ3v) is 2.75. The molecule has 0 saturated heterocycles. The molecule has 118 valence electrons. The van der Waals surface area contributed by atoms with Crippen molar-refractivity contribution in [3.63, 3.8) is 0 Å². The predicted octanol–water partition coefficient (Wildman–Crippen LogP) is 2.62. The summed E-state index contributed by atoms with van der Waals surface area (Å²) in [6.07, 6.45) is -7.14. The lowest BCUT2D eigenvalue weighted by molar-refractivity contribution is -0.150. The molecule has 0 aliphatic carbocycles. The maximum Gasteiger partial charge on any atom is 0.416 e. The first kappa shape index (κ1) is 17.2. The van der Waals surface area contributed by atoms with Gasteiger partial charge in [0, 0.05) is 0 Å². The summed E-state index contributed by atoms with van der Waals surface area (Å²) in [5.41, 5.74) is 3.75. The van der Waals surface area contributed by atoms with Crippen LogP contribution < -0.4 is 10.5 Å². The molecule has 8 heteroatoms. The Balaban J connectivity index is 3.20. The Morgan fingerprint density at radius 2 is 2.00 bits per heavy atom. The summed E-state index contributed by atoms with van der Waals surface area (Å²) in [5.74, 6) is -1.35. The number of methoxy groups -OCH3 is 1. The first-order valence-corrected chi connectivity index (χ1v) is 6.03. The largest absolute Gasteiger partial charge is 0.497 e. The average molecular weight is 309 g/mol. The summed E-state index contributed by atoms with van der Waals surface area (Å²) < 4.78 is 61.9. The highest BCUT2D eigenvalue weighted by Gasteiger charge is 2.38. The van der Waals surface area contributed by atoms with Crippen molar-refractivity contribution in [3.8, 4) is 5.75 Å². The molecule has 21 heavy (non-hydrogen) atoms. The van der Waals surface area contributed by atoms with E-state index in [2.05, 4.69) is 4.74 Å². The average Bonchev–Trinajstić information content (AvgIpc) is 2.44. The molecule has 0 heterocycles. The van der Waals surface area contributed by atoms with Gasteiger partial charge in [-0.25, -0.2) is 9.18 Å². The van der Waals surface area contributed by atoms with Gasteiger partial charge in [0.1, 0.15) is 5.75 Å². The summed E-state index contributed by atoms with van der Waals surface area (Å²) in [6.45, 7) is 1.35. The second-order valence-electron chi connectivity index (χ2n) is 4.13. The highest BCUT2D eigenvalue weighted by molar-refractivity contribution is 5.76. The summed E-state index contributed by atoms with van der Waals surface area (Å²) in [5, 5.41) is 0. The third kappa shape index (κ3) is 4.07. The third-order valence-electron chi connectivity index (χ3n) is 2.75. The van der Waals surface area contributed by atoms with Crippen LogP contribution in [-0.2, 0) is 15.7 Å². The van der Waals surface area contributed by atoms with Gasteiger partial charge < -0.3 is 15.2 Å². The van der Waals surface area contributed by atoms with Crippen molar-refractivity contribution in [1.82, 2.24) is 0 Å². The molecular formula is C13H15F4NO3. The number of benzene rings is 1. The molecule has 1 unspecified atom stereocenters. The summed E-state index contributed by atoms with van der Waals surface area (Å²) in [4.78, 5) is 11.3. The smallest absolute Gasteiger partial charge is 0.416 e. The lowest BCUT2D eigenvalue weighted by atomic mass is 9.97. The van der Waals surface area contributed by atoms with Crippen LogP contribution in [-0.4, -0.2) is 25.9 Å². The number of esters is 1. The van der Waals surface area contributed by atoms with Crippen molar-refractivity contribution in [2.45, 2.75) is 25.3 Å². The van der Waals surface area contributed by atoms with Gasteiger partial charge >= 0.3 is 12.1 Å². The van der Waals surface area contributed by atoms with Gasteiger partial charge in [0.05, 0.1) is 25.3 Å². The van der Waals surface area contributed by atoms with Crippen LogP contribution in [0.25, 0.3) is 0 Å². The summed E-state index contributed by atoms with van der Waals surface area (Å²) >= 11 is 0. The topological polar surface area (TPSA) is 61.5 Å². The standard InChI is InChI=1S/C13H15F4NO3/c1-3-21-12(19)10(14)11(18)8-5-4-7(20-2)6-9(8)13(15,16)17/h4-6,10-11H,3,18H2,1-2H3/t10?,11-/m0/s1. The minimum absolute atomic E-state index is 0.0511. The lowest BCUT2D eigenvalue weighted by Crippen LogP contribution is -2.33. The Labute approximate surface area is 118 Å². The van der Waals surface area contributed by atoms with Crippen LogP contribution in [0.3, 0.4) is 0 Å². The fraction of sp³-hybridized carbons (Fsp3) is 0.462. The molecule has 0 aliphatic rings. The fourth-order valence-electron chi connectivity index (χ4n) is 1.72. The van der Waals surface area contributed by atoms with Gasteiger partial charge in [-0.2, -0.15) is 13.2 Å². The Morgan fingerprint density at radius 3 is 2.48 bits per heavy atom. The molecular weight excluding hydrogens is 294 g/mol. The highest BCUT2D eigenvalue weighted by Crippen LogP contribution is 2.37. The molecule has 0 saturated carbocycles. The van der Waals surface area contributed by atoms with Gasteiger partial charge in [-0.1, -0.05) is 6.07 Å². The van der Waals surface area contributed by atoms with Crippen molar-refractivity contribution in [2.24, 2.45) is 5.73 Å². The van der Waals surface area contributed by atoms with Crippen molar-refractivity contribution < 1.29 is 31.8 Å². The van der Waals surface area contributed by atoms with Crippen molar-refractivity contribution >= 4 is 5.97 Å². The molecule has 1 rings (SSSR count). The molecule has 1 aromatic rings. The first-order valence-electron chi connectivity index (χ1n) is 6.03. The SMILES string of the molecule is CCOC(=O)C(F)[C@@H](N)c1ccc(OC)cc1C(F)(F)F. The predicted molar refractivity (Wildman–Crippen MR) is 66.5 cm³/mol. The first-order chi connectivity index (χ1) is 9.72. The van der Waals surface area contributed by atoms with Crippen LogP contribution in [0.1, 0.15) is 24.1 Å². The molecule has 4 nitrogen and oxygen atoms in total. The molecule has 1 aromatic carbocycles. The van der Waals surface area contributed by atoms with E-state index in [4.69, 9.17) is 10.5 Å². The number of hydrogen-bond acceptors (Lipinski definition) is 4. The Bertz CT molecular complexity index is 505. The van der Waals surface area contributed by atoms with E-state index in [1.165, 1.54) is 20.1 Å². The van der Waals surface area contributed by atoms with Crippen LogP contribution in [0.2, 0.25) is 0 Å². The molecule has 0 aromatic heterocycles. The van der Waals surface area contributed by atoms with Gasteiger partial charge in [0.2, 0.25) is 6.17 Å². The molecule has 0 bridgehead atoms. The van der Waals surface area contributed by atoms with E-state index < -0.39 is 35.5 Å². The Morgan fingerprint density at radius 1 is 1.38 bits per heavy atom. The number of hydrogen-bond donors (Lipinski definition) is 1. The molecule has 0 amide bonds. The lowest BCUT2D eigenvalue weighted by Gasteiger charge is -2.21. The van der Waals surface area contributed by atoms with Crippen LogP contribution in [0, 0.1) is 0 Å². The summed E-state index contributed by atoms with van der Waals surface area (Å²) in [6, 6.07) is 1.11. The van der Waals surface area contributed by atoms with Gasteiger partial charge in [0.25, 0.3) is 0 Å². The van der Waals surface area contributed by atoms with Gasteiger partial charge in [-0.05, 0) is 24.6 Å². The second-order valence-corrected chi connectivity index (χ2v) is 4.13. The zero-order chi connectivity index (χ0) is 16.2. The number of alkyl halides is 4. The number of nitrogens with two attached hydrogens (primary N) is 1. The van der Waals surface area contributed by atoms with Gasteiger partial charge in [0.15, 0.2) is 0 Å². The molecule has 2 N–H and O–H groups in total. The Kier molecular flexibility index (Phi) is 5.54. The molecule has 0 fully saturated rings. The minimum atomic E-state index is -4.75. The van der Waals surface area contributed by atoms with E-state index >= 15 is 0 Å². The van der Waals surface area contributed by atoms with E-state index in [1.807, 2.05) is 0 Å². The maximum atomic E-state index is 13.8. The minimum Gasteiger partial charge on any atom is -0.497 e. The molecule has 0 spiro atoms. The van der Waals surface area contributed by atoms with E-state index in [1.54, 1.807) is 0 Å². The Hall–Kier alpha value is -1.83. The zero-order valence-electron chi connectivity index (χ0n) is 11.4.